The normalized spacial score (nSPS) is 39.4. The van der Waals surface area contributed by atoms with E-state index in [-0.39, 0.29) is 42.2 Å². The molecule has 0 unspecified atom stereocenters. The number of imide groups is 1. The van der Waals surface area contributed by atoms with Crippen molar-refractivity contribution in [3.8, 4) is 0 Å². The Morgan fingerprint density at radius 1 is 1.04 bits per heavy atom. The second-order valence-corrected chi connectivity index (χ2v) is 7.48. The largest absolute Gasteiger partial charge is 0.366 e. The molecule has 0 radical (unpaired) electrons. The van der Waals surface area contributed by atoms with E-state index >= 15 is 0 Å². The molecule has 4 nitrogen and oxygen atoms in total. The molecule has 6 rings (SSSR count). The number of allylic oxidation sites excluding steroid dienone is 2. The lowest BCUT2D eigenvalue weighted by atomic mass is 9.63. The van der Waals surface area contributed by atoms with Gasteiger partial charge in [-0.15, -0.1) is 0 Å². The third-order valence-corrected chi connectivity index (χ3v) is 6.39. The highest BCUT2D eigenvalue weighted by molar-refractivity contribution is 6.33. The molecule has 4 aliphatic carbocycles. The molecule has 0 spiro atoms. The van der Waals surface area contributed by atoms with E-state index in [1.807, 2.05) is 18.2 Å². The van der Waals surface area contributed by atoms with Gasteiger partial charge in [-0.2, -0.15) is 0 Å². The minimum Gasteiger partial charge on any atom is -0.366 e. The number of rotatable bonds is 3. The first-order chi connectivity index (χ1) is 11.2. The first-order valence-electron chi connectivity index (χ1n) is 8.19. The van der Waals surface area contributed by atoms with Crippen molar-refractivity contribution in [1.29, 1.82) is 0 Å². The minimum atomic E-state index is -0.130. The smallest absolute Gasteiger partial charge is 0.235 e. The van der Waals surface area contributed by atoms with E-state index in [0.717, 1.165) is 5.69 Å². The zero-order valence-corrected chi connectivity index (χ0v) is 13.2. The van der Waals surface area contributed by atoms with Crippen LogP contribution in [0.5, 0.6) is 0 Å². The van der Waals surface area contributed by atoms with Gasteiger partial charge in [0.1, 0.15) is 0 Å². The van der Waals surface area contributed by atoms with Crippen LogP contribution < -0.4 is 5.32 Å². The molecule has 0 aromatic heterocycles. The number of carbonyl (C=O) groups excluding carboxylic acids is 2. The molecule has 1 N–H and O–H groups in total. The zero-order chi connectivity index (χ0) is 15.7. The Bertz CT molecular complexity index is 710. The lowest BCUT2D eigenvalue weighted by Gasteiger charge is -2.37. The van der Waals surface area contributed by atoms with Crippen molar-refractivity contribution in [2.24, 2.45) is 35.5 Å². The molecule has 1 heterocycles. The van der Waals surface area contributed by atoms with Crippen molar-refractivity contribution in [3.63, 3.8) is 0 Å². The summed E-state index contributed by atoms with van der Waals surface area (Å²) in [7, 11) is 0. The monoisotopic (exact) mass is 328 g/mol. The number of hydrogen-bond acceptors (Lipinski definition) is 3. The van der Waals surface area contributed by atoms with Crippen LogP contribution in [0.1, 0.15) is 6.42 Å². The number of halogens is 1. The van der Waals surface area contributed by atoms with E-state index in [1.54, 1.807) is 6.07 Å². The maximum Gasteiger partial charge on any atom is 0.235 e. The summed E-state index contributed by atoms with van der Waals surface area (Å²) in [5, 5.41) is 3.72. The highest BCUT2D eigenvalue weighted by Gasteiger charge is 2.66. The van der Waals surface area contributed by atoms with Gasteiger partial charge in [-0.05, 0) is 42.2 Å². The molecular weight excluding hydrogens is 312 g/mol. The number of amides is 2. The van der Waals surface area contributed by atoms with E-state index < -0.39 is 0 Å². The average Bonchev–Trinajstić information content (AvgIpc) is 3.33. The number of anilines is 1. The summed E-state index contributed by atoms with van der Waals surface area (Å²) >= 11 is 6.12. The van der Waals surface area contributed by atoms with Gasteiger partial charge in [0.2, 0.25) is 11.8 Å². The highest BCUT2D eigenvalue weighted by Crippen LogP contribution is 2.65. The Labute approximate surface area is 139 Å². The summed E-state index contributed by atoms with van der Waals surface area (Å²) in [4.78, 5) is 27.0. The molecule has 23 heavy (non-hydrogen) atoms. The highest BCUT2D eigenvalue weighted by atomic mass is 35.5. The molecule has 1 saturated heterocycles. The van der Waals surface area contributed by atoms with Gasteiger partial charge in [0.05, 0.1) is 29.2 Å². The van der Waals surface area contributed by atoms with Crippen molar-refractivity contribution in [3.05, 3.63) is 41.4 Å². The number of para-hydroxylation sites is 1. The van der Waals surface area contributed by atoms with Crippen molar-refractivity contribution < 1.29 is 9.59 Å². The summed E-state index contributed by atoms with van der Waals surface area (Å²) < 4.78 is 0. The fraction of sp³-hybridized carbons (Fsp3) is 0.444. The second kappa shape index (κ2) is 4.60. The van der Waals surface area contributed by atoms with Crippen LogP contribution in [0.3, 0.4) is 0 Å². The van der Waals surface area contributed by atoms with Crippen molar-refractivity contribution >= 4 is 29.1 Å². The van der Waals surface area contributed by atoms with Gasteiger partial charge in [0.15, 0.2) is 0 Å². The van der Waals surface area contributed by atoms with Crippen LogP contribution in [0.2, 0.25) is 5.02 Å². The molecule has 2 amide bonds. The van der Waals surface area contributed by atoms with Gasteiger partial charge in [0.25, 0.3) is 0 Å². The zero-order valence-electron chi connectivity index (χ0n) is 12.5. The summed E-state index contributed by atoms with van der Waals surface area (Å²) in [6.45, 7) is 0.198. The molecule has 1 aromatic rings. The maximum atomic E-state index is 12.8. The lowest BCUT2D eigenvalue weighted by Crippen LogP contribution is -2.40. The topological polar surface area (TPSA) is 49.4 Å². The third kappa shape index (κ3) is 1.78. The van der Waals surface area contributed by atoms with E-state index in [1.165, 1.54) is 11.3 Å². The maximum absolute atomic E-state index is 12.8. The predicted octanol–water partition coefficient (Wildman–Crippen LogP) is 2.76. The summed E-state index contributed by atoms with van der Waals surface area (Å²) in [5.74, 6) is 1.55. The van der Waals surface area contributed by atoms with Crippen molar-refractivity contribution in [1.82, 2.24) is 4.90 Å². The molecule has 6 atom stereocenters. The van der Waals surface area contributed by atoms with Crippen LogP contribution in [-0.4, -0.2) is 23.4 Å². The molecule has 3 fully saturated rings. The van der Waals surface area contributed by atoms with Gasteiger partial charge in [-0.3, -0.25) is 14.5 Å². The molecule has 2 bridgehead atoms. The third-order valence-electron chi connectivity index (χ3n) is 6.06. The average molecular weight is 329 g/mol. The number of benzene rings is 1. The molecule has 5 heteroatoms. The van der Waals surface area contributed by atoms with Gasteiger partial charge in [0, 0.05) is 0 Å². The summed E-state index contributed by atoms with van der Waals surface area (Å²) in [6.07, 6.45) is 5.57. The number of nitrogens with one attached hydrogen (secondary N) is 1. The van der Waals surface area contributed by atoms with Gasteiger partial charge in [-0.25, -0.2) is 0 Å². The second-order valence-electron chi connectivity index (χ2n) is 7.07. The number of hydrogen-bond donors (Lipinski definition) is 1. The van der Waals surface area contributed by atoms with Gasteiger partial charge in [-0.1, -0.05) is 35.9 Å². The van der Waals surface area contributed by atoms with E-state index in [4.69, 9.17) is 11.6 Å². The predicted molar refractivity (Wildman–Crippen MR) is 86.5 cm³/mol. The first kappa shape index (κ1) is 13.6. The number of carbonyl (C=O) groups is 2. The van der Waals surface area contributed by atoms with E-state index in [9.17, 15) is 9.59 Å². The van der Waals surface area contributed by atoms with E-state index in [0.29, 0.717) is 16.9 Å². The van der Waals surface area contributed by atoms with Crippen LogP contribution in [-0.2, 0) is 9.59 Å². The number of likely N-dealkylation sites (tertiary alicyclic amines) is 1. The lowest BCUT2D eigenvalue weighted by molar-refractivity contribution is -0.139. The molecular formula is C18H17ClN2O2. The molecule has 5 aliphatic rings. The minimum absolute atomic E-state index is 0.00995. The Morgan fingerprint density at radius 3 is 2.26 bits per heavy atom. The van der Waals surface area contributed by atoms with Gasteiger partial charge >= 0.3 is 0 Å². The van der Waals surface area contributed by atoms with Crippen LogP contribution >= 0.6 is 11.6 Å². The van der Waals surface area contributed by atoms with Crippen LogP contribution in [0, 0.1) is 35.5 Å². The number of nitrogens with zero attached hydrogens (tertiary/aromatic N) is 1. The SMILES string of the molecule is O=C1[C@@H]2[C@H]3C=C[C@@H]([C@@H]4C[C@H]34)[C@@H]2C(=O)N1CNc1ccccc1Cl. The Morgan fingerprint density at radius 2 is 1.65 bits per heavy atom. The quantitative estimate of drug-likeness (QED) is 0.685. The summed E-state index contributed by atoms with van der Waals surface area (Å²) in [5.41, 5.74) is 0.744. The molecule has 1 aromatic carbocycles. The Balaban J connectivity index is 1.38. The Hall–Kier alpha value is -1.81. The molecule has 118 valence electrons. The fourth-order valence-corrected chi connectivity index (χ4v) is 5.15. The molecule has 2 saturated carbocycles. The van der Waals surface area contributed by atoms with Crippen LogP contribution in [0.15, 0.2) is 36.4 Å². The molecule has 1 aliphatic heterocycles. The fourth-order valence-electron chi connectivity index (χ4n) is 4.94. The van der Waals surface area contributed by atoms with Crippen molar-refractivity contribution in [2.45, 2.75) is 6.42 Å². The first-order valence-corrected chi connectivity index (χ1v) is 8.56. The summed E-state index contributed by atoms with van der Waals surface area (Å²) in [6, 6.07) is 7.36. The standard InChI is InChI=1S/C18H17ClN2O2/c19-13-3-1-2-4-14(13)20-8-21-17(22)15-9-5-6-10(12-7-11(9)12)16(15)18(21)23/h1-6,9-12,15-16,20H,7-8H2/t9-,10-,11-,12+,15-,16+/m0/s1. The van der Waals surface area contributed by atoms with Gasteiger partial charge < -0.3 is 5.32 Å². The van der Waals surface area contributed by atoms with E-state index in [2.05, 4.69) is 17.5 Å². The Kier molecular flexibility index (Phi) is 2.72. The van der Waals surface area contributed by atoms with Crippen molar-refractivity contribution in [2.75, 3.05) is 12.0 Å². The van der Waals surface area contributed by atoms with Crippen LogP contribution in [0.25, 0.3) is 0 Å². The van der Waals surface area contributed by atoms with Crippen LogP contribution in [0.4, 0.5) is 5.69 Å².